The summed E-state index contributed by atoms with van der Waals surface area (Å²) in [7, 11) is 3.82. The molecule has 5 rings (SSSR count). The number of hydrogen-bond acceptors (Lipinski definition) is 4. The largest absolute Gasteiger partial charge is 0.496 e. The summed E-state index contributed by atoms with van der Waals surface area (Å²) in [6, 6.07) is 30.5. The molecule has 1 heterocycles. The normalized spacial score (nSPS) is 14.3. The quantitative estimate of drug-likeness (QED) is 0.237. The number of ether oxygens (including phenoxy) is 2. The Morgan fingerprint density at radius 1 is 0.816 bits per heavy atom. The Morgan fingerprint density at radius 2 is 1.42 bits per heavy atom. The lowest BCUT2D eigenvalue weighted by molar-refractivity contribution is 0.0993. The molecule has 0 amide bonds. The summed E-state index contributed by atoms with van der Waals surface area (Å²) in [6.07, 6.45) is 2.79. The predicted octanol–water partition coefficient (Wildman–Crippen LogP) is 7.24. The first-order chi connectivity index (χ1) is 18.5. The highest BCUT2D eigenvalue weighted by molar-refractivity contribution is 5.99. The monoisotopic (exact) mass is 505 g/mol. The Morgan fingerprint density at radius 3 is 2.05 bits per heavy atom. The van der Waals surface area contributed by atoms with Gasteiger partial charge in [0.2, 0.25) is 0 Å². The van der Waals surface area contributed by atoms with Gasteiger partial charge in [0.1, 0.15) is 17.6 Å². The van der Waals surface area contributed by atoms with Crippen molar-refractivity contribution >= 4 is 5.78 Å². The van der Waals surface area contributed by atoms with Crippen molar-refractivity contribution in [2.75, 3.05) is 27.2 Å². The van der Waals surface area contributed by atoms with E-state index in [0.29, 0.717) is 18.1 Å². The second-order valence-corrected chi connectivity index (χ2v) is 10.2. The van der Waals surface area contributed by atoms with Gasteiger partial charge < -0.3 is 14.4 Å². The molecule has 194 valence electrons. The summed E-state index contributed by atoms with van der Waals surface area (Å²) in [5.41, 5.74) is 7.10. The van der Waals surface area contributed by atoms with E-state index in [1.165, 1.54) is 5.56 Å². The minimum Gasteiger partial charge on any atom is -0.496 e. The summed E-state index contributed by atoms with van der Waals surface area (Å²) >= 11 is 0. The molecule has 4 aromatic rings. The molecule has 0 spiro atoms. The predicted molar refractivity (Wildman–Crippen MR) is 154 cm³/mol. The average molecular weight is 506 g/mol. The molecule has 0 N–H and O–H groups in total. The van der Waals surface area contributed by atoms with Crippen molar-refractivity contribution in [1.82, 2.24) is 4.90 Å². The molecule has 0 radical (unpaired) electrons. The molecule has 0 bridgehead atoms. The van der Waals surface area contributed by atoms with Crippen LogP contribution in [0.15, 0.2) is 91.0 Å². The molecule has 1 aliphatic heterocycles. The first kappa shape index (κ1) is 25.7. The topological polar surface area (TPSA) is 38.8 Å². The van der Waals surface area contributed by atoms with Crippen LogP contribution in [0.2, 0.25) is 0 Å². The summed E-state index contributed by atoms with van der Waals surface area (Å²) in [5, 5.41) is 0. The van der Waals surface area contributed by atoms with Gasteiger partial charge in [0, 0.05) is 30.6 Å². The average Bonchev–Trinajstić information content (AvgIpc) is 2.95. The van der Waals surface area contributed by atoms with Crippen molar-refractivity contribution in [1.29, 1.82) is 0 Å². The Balaban J connectivity index is 1.24. The van der Waals surface area contributed by atoms with Crippen molar-refractivity contribution in [2.45, 2.75) is 32.3 Å². The third kappa shape index (κ3) is 6.15. The lowest BCUT2D eigenvalue weighted by Crippen LogP contribution is -2.35. The van der Waals surface area contributed by atoms with E-state index in [1.807, 2.05) is 30.3 Å². The molecule has 4 nitrogen and oxygen atoms in total. The Labute approximate surface area is 225 Å². The van der Waals surface area contributed by atoms with E-state index >= 15 is 0 Å². The maximum atomic E-state index is 13.2. The Bertz CT molecular complexity index is 1370. The third-order valence-electron chi connectivity index (χ3n) is 7.36. The number of hydrogen-bond donors (Lipinski definition) is 0. The number of likely N-dealkylation sites (tertiary alicyclic amines) is 1. The highest BCUT2D eigenvalue weighted by Crippen LogP contribution is 2.32. The number of methoxy groups -OCH3 is 1. The fourth-order valence-electron chi connectivity index (χ4n) is 4.96. The number of carbonyl (C=O) groups excluding carboxylic acids is 1. The zero-order valence-electron chi connectivity index (χ0n) is 22.4. The number of benzene rings is 4. The van der Waals surface area contributed by atoms with E-state index in [-0.39, 0.29) is 5.78 Å². The van der Waals surface area contributed by atoms with Crippen LogP contribution in [0.5, 0.6) is 11.5 Å². The zero-order chi connectivity index (χ0) is 26.5. The molecular formula is C34H35NO3. The van der Waals surface area contributed by atoms with Gasteiger partial charge in [0.15, 0.2) is 5.78 Å². The van der Waals surface area contributed by atoms with E-state index in [1.54, 1.807) is 7.11 Å². The highest BCUT2D eigenvalue weighted by Gasteiger charge is 2.18. The first-order valence-electron chi connectivity index (χ1n) is 13.3. The van der Waals surface area contributed by atoms with Crippen molar-refractivity contribution in [3.63, 3.8) is 0 Å². The molecule has 1 saturated heterocycles. The maximum absolute atomic E-state index is 13.2. The molecule has 0 aromatic heterocycles. The van der Waals surface area contributed by atoms with Gasteiger partial charge in [0.05, 0.1) is 7.11 Å². The van der Waals surface area contributed by atoms with Gasteiger partial charge in [-0.2, -0.15) is 0 Å². The van der Waals surface area contributed by atoms with Gasteiger partial charge in [-0.3, -0.25) is 4.79 Å². The summed E-state index contributed by atoms with van der Waals surface area (Å²) in [5.74, 6) is 1.77. The molecular weight excluding hydrogens is 470 g/mol. The number of rotatable bonds is 8. The van der Waals surface area contributed by atoms with Crippen LogP contribution in [0.1, 0.15) is 34.3 Å². The van der Waals surface area contributed by atoms with Crippen LogP contribution in [0.3, 0.4) is 0 Å². The van der Waals surface area contributed by atoms with Gasteiger partial charge >= 0.3 is 0 Å². The van der Waals surface area contributed by atoms with Gasteiger partial charge in [0.25, 0.3) is 0 Å². The number of piperidine rings is 1. The molecule has 4 aromatic carbocycles. The van der Waals surface area contributed by atoms with Crippen LogP contribution < -0.4 is 9.47 Å². The number of Topliss-reactive ketones (excluding diaryl/α,β-unsaturated/α-hetero) is 1. The van der Waals surface area contributed by atoms with Gasteiger partial charge in [-0.1, -0.05) is 66.2 Å². The molecule has 0 unspecified atom stereocenters. The van der Waals surface area contributed by atoms with Gasteiger partial charge in [-0.25, -0.2) is 0 Å². The smallest absolute Gasteiger partial charge is 0.167 e. The van der Waals surface area contributed by atoms with E-state index in [0.717, 1.165) is 65.2 Å². The number of carbonyl (C=O) groups is 1. The third-order valence-corrected chi connectivity index (χ3v) is 7.36. The van der Waals surface area contributed by atoms with Crippen LogP contribution in [-0.4, -0.2) is 44.0 Å². The molecule has 38 heavy (non-hydrogen) atoms. The number of ketones is 1. The van der Waals surface area contributed by atoms with E-state index < -0.39 is 0 Å². The molecule has 0 saturated carbocycles. The van der Waals surface area contributed by atoms with Crippen molar-refractivity contribution < 1.29 is 14.3 Å². The number of nitrogens with zero attached hydrogens (tertiary/aromatic N) is 1. The highest BCUT2D eigenvalue weighted by atomic mass is 16.5. The Kier molecular flexibility index (Phi) is 7.90. The van der Waals surface area contributed by atoms with Gasteiger partial charge in [-0.05, 0) is 79.4 Å². The van der Waals surface area contributed by atoms with Crippen LogP contribution in [0.25, 0.3) is 22.3 Å². The van der Waals surface area contributed by atoms with Crippen LogP contribution in [-0.2, 0) is 6.42 Å². The fourth-order valence-corrected chi connectivity index (χ4v) is 4.96. The minimum absolute atomic E-state index is 0.0872. The van der Waals surface area contributed by atoms with Crippen LogP contribution in [0, 0.1) is 6.92 Å². The molecule has 1 fully saturated rings. The van der Waals surface area contributed by atoms with Gasteiger partial charge in [-0.15, -0.1) is 0 Å². The van der Waals surface area contributed by atoms with E-state index in [9.17, 15) is 4.79 Å². The number of aryl methyl sites for hydroxylation is 1. The van der Waals surface area contributed by atoms with Crippen LogP contribution >= 0.6 is 0 Å². The molecule has 4 heteroatoms. The second-order valence-electron chi connectivity index (χ2n) is 10.2. The summed E-state index contributed by atoms with van der Waals surface area (Å²) in [6.45, 7) is 4.24. The second kappa shape index (κ2) is 11.7. The molecule has 0 atom stereocenters. The van der Waals surface area contributed by atoms with E-state index in [4.69, 9.17) is 9.47 Å². The van der Waals surface area contributed by atoms with Crippen molar-refractivity contribution in [2.24, 2.45) is 0 Å². The fraction of sp³-hybridized carbons (Fsp3) is 0.265. The molecule has 1 aliphatic rings. The standard InChI is InChI=1S/C34H35NO3/c1-24-4-8-28(9-5-24)32-23-29(14-17-34(32)37-3)33(36)22-25-6-10-26(11-7-25)27-12-15-30(16-13-27)38-31-18-20-35(2)21-19-31/h4-17,23,31H,18-22H2,1-3H3. The van der Waals surface area contributed by atoms with E-state index in [2.05, 4.69) is 79.5 Å². The van der Waals surface area contributed by atoms with Crippen molar-refractivity contribution in [3.05, 3.63) is 108 Å². The minimum atomic E-state index is 0.0872. The summed E-state index contributed by atoms with van der Waals surface area (Å²) < 4.78 is 11.8. The lowest BCUT2D eigenvalue weighted by Gasteiger charge is -2.29. The zero-order valence-corrected chi connectivity index (χ0v) is 22.4. The SMILES string of the molecule is COc1ccc(C(=O)Cc2ccc(-c3ccc(OC4CCN(C)CC4)cc3)cc2)cc1-c1ccc(C)cc1. The first-order valence-corrected chi connectivity index (χ1v) is 13.3. The van der Waals surface area contributed by atoms with Crippen molar-refractivity contribution in [3.8, 4) is 33.8 Å². The lowest BCUT2D eigenvalue weighted by atomic mass is 9.96. The summed E-state index contributed by atoms with van der Waals surface area (Å²) in [4.78, 5) is 15.5. The molecule has 0 aliphatic carbocycles. The Hall–Kier alpha value is -3.89. The maximum Gasteiger partial charge on any atom is 0.167 e. The van der Waals surface area contributed by atoms with Crippen LogP contribution in [0.4, 0.5) is 0 Å².